The van der Waals surface area contributed by atoms with Crippen molar-refractivity contribution in [2.24, 2.45) is 0 Å². The van der Waals surface area contributed by atoms with Crippen LogP contribution in [0.5, 0.6) is 0 Å². The van der Waals surface area contributed by atoms with Gasteiger partial charge in [-0.2, -0.15) is 0 Å². The van der Waals surface area contributed by atoms with Crippen LogP contribution in [0, 0.1) is 0 Å². The lowest BCUT2D eigenvalue weighted by Gasteiger charge is -2.28. The Balaban J connectivity index is 2.71. The van der Waals surface area contributed by atoms with Crippen LogP contribution < -0.4 is 0 Å². The van der Waals surface area contributed by atoms with E-state index in [1.807, 2.05) is 25.8 Å². The average molecular weight is 175 g/mol. The van der Waals surface area contributed by atoms with Crippen LogP contribution in [0.2, 0.25) is 0 Å². The molecule has 0 aromatic carbocycles. The first kappa shape index (κ1) is 8.87. The molecule has 0 bridgehead atoms. The zero-order valence-electron chi connectivity index (χ0n) is 7.00. The quantitative estimate of drug-likeness (QED) is 0.641. The molecule has 0 amide bonds. The molecule has 11 heavy (non-hydrogen) atoms. The maximum absolute atomic E-state index is 10.6. The third-order valence-corrected chi connectivity index (χ3v) is 3.67. The number of carbonyl (C=O) groups is 1. The summed E-state index contributed by atoms with van der Waals surface area (Å²) in [6.45, 7) is 4.08. The molecule has 1 aliphatic heterocycles. The highest BCUT2D eigenvalue weighted by Crippen LogP contribution is 2.37. The molecule has 64 valence electrons. The lowest BCUT2D eigenvalue weighted by Crippen LogP contribution is -2.43. The van der Waals surface area contributed by atoms with Crippen molar-refractivity contribution in [1.82, 2.24) is 4.90 Å². The summed E-state index contributed by atoms with van der Waals surface area (Å²) < 4.78 is 0. The van der Waals surface area contributed by atoms with Gasteiger partial charge in [-0.25, -0.2) is 0 Å². The van der Waals surface area contributed by atoms with Gasteiger partial charge in [0.1, 0.15) is 6.04 Å². The summed E-state index contributed by atoms with van der Waals surface area (Å²) in [4.78, 5) is 12.5. The highest BCUT2D eigenvalue weighted by molar-refractivity contribution is 8.00. The molecule has 0 spiro atoms. The fraction of sp³-hybridized carbons (Fsp3) is 0.857. The van der Waals surface area contributed by atoms with Crippen molar-refractivity contribution in [3.63, 3.8) is 0 Å². The van der Waals surface area contributed by atoms with E-state index in [0.717, 1.165) is 0 Å². The lowest BCUT2D eigenvalue weighted by atomic mass is 10.2. The van der Waals surface area contributed by atoms with Crippen LogP contribution in [0.4, 0.5) is 0 Å². The molecule has 4 heteroatoms. The largest absolute Gasteiger partial charge is 0.480 e. The molecule has 1 saturated heterocycles. The number of rotatable bonds is 1. The van der Waals surface area contributed by atoms with Gasteiger partial charge in [0.25, 0.3) is 0 Å². The first-order valence-electron chi connectivity index (χ1n) is 3.55. The first-order chi connectivity index (χ1) is 4.95. The number of nitrogens with zero attached hydrogens (tertiary/aromatic N) is 1. The van der Waals surface area contributed by atoms with Gasteiger partial charge in [0.2, 0.25) is 0 Å². The van der Waals surface area contributed by atoms with Gasteiger partial charge >= 0.3 is 5.97 Å². The van der Waals surface area contributed by atoms with Crippen LogP contribution in [-0.4, -0.2) is 39.7 Å². The van der Waals surface area contributed by atoms with E-state index < -0.39 is 5.97 Å². The molecule has 0 aromatic heterocycles. The van der Waals surface area contributed by atoms with E-state index in [1.54, 1.807) is 11.8 Å². The lowest BCUT2D eigenvalue weighted by molar-refractivity contribution is -0.142. The van der Waals surface area contributed by atoms with Crippen molar-refractivity contribution in [2.75, 3.05) is 12.8 Å². The third kappa shape index (κ3) is 1.51. The van der Waals surface area contributed by atoms with Gasteiger partial charge in [0, 0.05) is 5.75 Å². The molecule has 1 fully saturated rings. The summed E-state index contributed by atoms with van der Waals surface area (Å²) >= 11 is 1.69. The molecule has 0 radical (unpaired) electrons. The van der Waals surface area contributed by atoms with Gasteiger partial charge in [0.05, 0.1) is 4.87 Å². The van der Waals surface area contributed by atoms with Crippen molar-refractivity contribution >= 4 is 17.7 Å². The molecular formula is C7H13NO2S. The number of hydrogen-bond donors (Lipinski definition) is 1. The van der Waals surface area contributed by atoms with Crippen LogP contribution in [-0.2, 0) is 4.79 Å². The van der Waals surface area contributed by atoms with E-state index in [1.165, 1.54) is 0 Å². The average Bonchev–Trinajstić information content (AvgIpc) is 2.09. The van der Waals surface area contributed by atoms with Crippen LogP contribution >= 0.6 is 11.8 Å². The van der Waals surface area contributed by atoms with Gasteiger partial charge < -0.3 is 5.11 Å². The van der Waals surface area contributed by atoms with Crippen molar-refractivity contribution in [2.45, 2.75) is 24.8 Å². The Morgan fingerprint density at radius 3 is 2.45 bits per heavy atom. The standard InChI is InChI=1S/C7H13NO2S/c1-7(2)8(3)5(4-11-7)6(9)10/h5H,4H2,1-3H3,(H,9,10)/t5-/m1/s1. The molecule has 1 heterocycles. The van der Waals surface area contributed by atoms with Gasteiger partial charge in [-0.15, -0.1) is 11.8 Å². The van der Waals surface area contributed by atoms with Gasteiger partial charge in [-0.05, 0) is 20.9 Å². The summed E-state index contributed by atoms with van der Waals surface area (Å²) in [5, 5.41) is 8.76. The molecular weight excluding hydrogens is 162 g/mol. The Hall–Kier alpha value is -0.220. The number of hydrogen-bond acceptors (Lipinski definition) is 3. The smallest absolute Gasteiger partial charge is 0.321 e. The second-order valence-corrected chi connectivity index (χ2v) is 4.84. The molecule has 0 saturated carbocycles. The van der Waals surface area contributed by atoms with Gasteiger partial charge in [-0.1, -0.05) is 0 Å². The second kappa shape index (κ2) is 2.68. The van der Waals surface area contributed by atoms with E-state index in [9.17, 15) is 4.79 Å². The SMILES string of the molecule is CN1[C@@H](C(=O)O)CSC1(C)C. The summed E-state index contributed by atoms with van der Waals surface area (Å²) in [7, 11) is 1.86. The zero-order valence-corrected chi connectivity index (χ0v) is 7.81. The monoisotopic (exact) mass is 175 g/mol. The zero-order chi connectivity index (χ0) is 8.65. The van der Waals surface area contributed by atoms with E-state index >= 15 is 0 Å². The van der Waals surface area contributed by atoms with Gasteiger partial charge in [0.15, 0.2) is 0 Å². The van der Waals surface area contributed by atoms with Crippen LogP contribution in [0.1, 0.15) is 13.8 Å². The maximum Gasteiger partial charge on any atom is 0.321 e. The Kier molecular flexibility index (Phi) is 2.16. The van der Waals surface area contributed by atoms with Crippen LogP contribution in [0.3, 0.4) is 0 Å². The number of thioether (sulfide) groups is 1. The Labute approximate surface area is 70.8 Å². The predicted molar refractivity (Wildman–Crippen MR) is 45.7 cm³/mol. The van der Waals surface area contributed by atoms with E-state index in [-0.39, 0.29) is 10.9 Å². The summed E-state index contributed by atoms with van der Waals surface area (Å²) in [5.74, 6) is -0.0238. The fourth-order valence-electron chi connectivity index (χ4n) is 1.11. The predicted octanol–water partition coefficient (Wildman–Crippen LogP) is 0.854. The number of carboxylic acids is 1. The normalized spacial score (nSPS) is 30.6. The van der Waals surface area contributed by atoms with Crippen molar-refractivity contribution < 1.29 is 9.90 Å². The molecule has 0 aliphatic carbocycles. The molecule has 1 rings (SSSR count). The third-order valence-electron chi connectivity index (χ3n) is 2.20. The molecule has 1 N–H and O–H groups in total. The number of likely N-dealkylation sites (N-methyl/N-ethyl adjacent to an activating group) is 1. The fourth-order valence-corrected chi connectivity index (χ4v) is 2.37. The van der Waals surface area contributed by atoms with E-state index in [4.69, 9.17) is 5.11 Å². The minimum absolute atomic E-state index is 0.0247. The first-order valence-corrected chi connectivity index (χ1v) is 4.53. The Morgan fingerprint density at radius 1 is 1.73 bits per heavy atom. The van der Waals surface area contributed by atoms with Crippen LogP contribution in [0.15, 0.2) is 0 Å². The summed E-state index contributed by atoms with van der Waals surface area (Å²) in [6, 6.07) is -0.310. The Bertz CT molecular complexity index is 181. The topological polar surface area (TPSA) is 40.5 Å². The van der Waals surface area contributed by atoms with Crippen molar-refractivity contribution in [3.05, 3.63) is 0 Å². The minimum Gasteiger partial charge on any atom is -0.480 e. The number of aliphatic carboxylic acids is 1. The van der Waals surface area contributed by atoms with Gasteiger partial charge in [-0.3, -0.25) is 9.69 Å². The minimum atomic E-state index is -0.717. The molecule has 1 atom stereocenters. The van der Waals surface area contributed by atoms with Crippen molar-refractivity contribution in [3.8, 4) is 0 Å². The molecule has 3 nitrogen and oxygen atoms in total. The second-order valence-electron chi connectivity index (χ2n) is 3.22. The summed E-state index contributed by atoms with van der Waals surface area (Å²) in [6.07, 6.45) is 0. The van der Waals surface area contributed by atoms with E-state index in [2.05, 4.69) is 0 Å². The molecule has 0 unspecified atom stereocenters. The molecule has 0 aromatic rings. The maximum atomic E-state index is 10.6. The molecule has 1 aliphatic rings. The highest BCUT2D eigenvalue weighted by Gasteiger charge is 2.40. The Morgan fingerprint density at radius 2 is 2.27 bits per heavy atom. The highest BCUT2D eigenvalue weighted by atomic mass is 32.2. The van der Waals surface area contributed by atoms with E-state index in [0.29, 0.717) is 5.75 Å². The number of carboxylic acid groups (broad SMARTS) is 1. The van der Waals surface area contributed by atoms with Crippen LogP contribution in [0.25, 0.3) is 0 Å². The summed E-state index contributed by atoms with van der Waals surface area (Å²) in [5.41, 5.74) is 0. The van der Waals surface area contributed by atoms with Crippen molar-refractivity contribution in [1.29, 1.82) is 0 Å².